The third-order valence-corrected chi connectivity index (χ3v) is 8.40. The summed E-state index contributed by atoms with van der Waals surface area (Å²) in [5, 5.41) is 14.8. The van der Waals surface area contributed by atoms with E-state index in [0.717, 1.165) is 78.3 Å². The first-order valence-electron chi connectivity index (χ1n) is 14.8. The molecule has 0 amide bonds. The highest BCUT2D eigenvalue weighted by Crippen LogP contribution is 2.36. The number of rotatable bonds is 2. The molecule has 0 aliphatic carbocycles. The molecule has 1 saturated heterocycles. The molecule has 8 nitrogen and oxygen atoms in total. The summed E-state index contributed by atoms with van der Waals surface area (Å²) in [6.45, 7) is 8.83. The third kappa shape index (κ3) is 5.77. The summed E-state index contributed by atoms with van der Waals surface area (Å²) in [5.41, 5.74) is 6.89. The van der Waals surface area contributed by atoms with Gasteiger partial charge in [-0.15, -0.1) is 0 Å². The van der Waals surface area contributed by atoms with Gasteiger partial charge in [0.15, 0.2) is 5.65 Å². The SMILES string of the molecule is Cc1ccc2c(c1)-c1cccc(c1)-c1cc3nc(C)c(CC(=O)O)c(n3n1)N1CCC(C)(CC1)OC/C=C/CCCO2. The number of hydrogen-bond donors (Lipinski definition) is 1. The highest BCUT2D eigenvalue weighted by atomic mass is 16.5. The summed E-state index contributed by atoms with van der Waals surface area (Å²) in [7, 11) is 0. The second-order valence-corrected chi connectivity index (χ2v) is 11.7. The van der Waals surface area contributed by atoms with Gasteiger partial charge in [0, 0.05) is 41.5 Å². The monoisotopic (exact) mass is 566 g/mol. The van der Waals surface area contributed by atoms with E-state index in [1.807, 2.05) is 23.6 Å². The predicted octanol–water partition coefficient (Wildman–Crippen LogP) is 6.41. The maximum atomic E-state index is 11.9. The van der Waals surface area contributed by atoms with Crippen LogP contribution in [0.5, 0.6) is 5.75 Å². The Balaban J connectivity index is 1.48. The highest BCUT2D eigenvalue weighted by Gasteiger charge is 2.33. The molecule has 0 radical (unpaired) electrons. The van der Waals surface area contributed by atoms with Gasteiger partial charge in [0.1, 0.15) is 11.6 Å². The summed E-state index contributed by atoms with van der Waals surface area (Å²) in [5.74, 6) is 0.789. The lowest BCUT2D eigenvalue weighted by Gasteiger charge is -2.40. The van der Waals surface area contributed by atoms with Crippen molar-refractivity contribution >= 4 is 17.4 Å². The molecular formula is C34H38N4O4. The van der Waals surface area contributed by atoms with Gasteiger partial charge in [0.2, 0.25) is 0 Å². The summed E-state index contributed by atoms with van der Waals surface area (Å²) >= 11 is 0. The number of carboxylic acids is 1. The van der Waals surface area contributed by atoms with Gasteiger partial charge in [0.25, 0.3) is 0 Å². The lowest BCUT2D eigenvalue weighted by atomic mass is 9.93. The van der Waals surface area contributed by atoms with Crippen molar-refractivity contribution in [2.24, 2.45) is 0 Å². The summed E-state index contributed by atoms with van der Waals surface area (Å²) < 4.78 is 14.5. The quantitative estimate of drug-likeness (QED) is 0.281. The van der Waals surface area contributed by atoms with Crippen molar-refractivity contribution in [1.29, 1.82) is 0 Å². The Kier molecular flexibility index (Phi) is 7.73. The Morgan fingerprint density at radius 3 is 2.67 bits per heavy atom. The maximum Gasteiger partial charge on any atom is 0.308 e. The van der Waals surface area contributed by atoms with E-state index in [2.05, 4.69) is 67.3 Å². The van der Waals surface area contributed by atoms with Crippen LogP contribution in [0.4, 0.5) is 5.82 Å². The Bertz CT molecular complexity index is 1650. The summed E-state index contributed by atoms with van der Waals surface area (Å²) in [6.07, 6.45) is 7.68. The molecule has 1 N–H and O–H groups in total. The zero-order chi connectivity index (χ0) is 29.3. The molecule has 7 rings (SSSR count). The highest BCUT2D eigenvalue weighted by molar-refractivity contribution is 5.78. The minimum Gasteiger partial charge on any atom is -0.493 e. The third-order valence-electron chi connectivity index (χ3n) is 8.40. The van der Waals surface area contributed by atoms with Crippen molar-refractivity contribution in [2.45, 2.75) is 58.5 Å². The fourth-order valence-electron chi connectivity index (χ4n) is 5.96. The first-order chi connectivity index (χ1) is 20.3. The molecule has 0 atom stereocenters. The van der Waals surface area contributed by atoms with Crippen molar-refractivity contribution in [3.05, 3.63) is 77.5 Å². The molecule has 4 aromatic rings. The molecular weight excluding hydrogens is 528 g/mol. The van der Waals surface area contributed by atoms with Crippen molar-refractivity contribution in [3.8, 4) is 28.1 Å². The number of aryl methyl sites for hydroxylation is 2. The number of nitrogens with zero attached hydrogens (tertiary/aromatic N) is 4. The molecule has 42 heavy (non-hydrogen) atoms. The van der Waals surface area contributed by atoms with Crippen LogP contribution in [0.25, 0.3) is 28.0 Å². The number of ether oxygens (including phenoxy) is 2. The molecule has 2 aromatic carbocycles. The molecule has 3 aliphatic rings. The number of aliphatic carboxylic acids is 1. The number of aromatic nitrogens is 3. The number of fused-ring (bicyclic) bond motifs is 8. The molecule has 8 heteroatoms. The summed E-state index contributed by atoms with van der Waals surface area (Å²) in [6, 6.07) is 16.6. The minimum atomic E-state index is -0.883. The molecule has 0 saturated carbocycles. The van der Waals surface area contributed by atoms with E-state index in [4.69, 9.17) is 19.6 Å². The lowest BCUT2D eigenvalue weighted by molar-refractivity contribution is -0.136. The topological polar surface area (TPSA) is 89.2 Å². The van der Waals surface area contributed by atoms with Crippen LogP contribution in [-0.2, 0) is 16.0 Å². The molecule has 1 fully saturated rings. The molecule has 0 spiro atoms. The van der Waals surface area contributed by atoms with Crippen molar-refractivity contribution in [1.82, 2.24) is 14.6 Å². The van der Waals surface area contributed by atoms with Gasteiger partial charge < -0.3 is 19.5 Å². The van der Waals surface area contributed by atoms with Crippen LogP contribution in [-0.4, -0.2) is 57.6 Å². The first-order valence-corrected chi connectivity index (χ1v) is 14.8. The number of anilines is 1. The number of benzene rings is 2. The van der Waals surface area contributed by atoms with Gasteiger partial charge in [-0.05, 0) is 70.2 Å². The predicted molar refractivity (Wildman–Crippen MR) is 164 cm³/mol. The zero-order valence-electron chi connectivity index (χ0n) is 24.6. The van der Waals surface area contributed by atoms with Crippen LogP contribution < -0.4 is 9.64 Å². The molecule has 3 aliphatic heterocycles. The molecule has 5 heterocycles. The van der Waals surface area contributed by atoms with Crippen molar-refractivity contribution in [2.75, 3.05) is 31.2 Å². The standard InChI is InChI=1S/C34H38N4O4/c1-23-11-12-30-28(19-23)25-9-8-10-26(20-25)29-22-31-35-24(2)27(21-32(39)40)33(38(31)36-29)37-15-13-34(3,14-16-37)42-18-7-5-4-6-17-41-30/h5,7-12,19-20,22H,4,6,13-18,21H2,1-3H3,(H,39,40)/b7-5+. The van der Waals surface area contributed by atoms with E-state index in [0.29, 0.717) is 30.1 Å². The lowest BCUT2D eigenvalue weighted by Crippen LogP contribution is -2.45. The van der Waals surface area contributed by atoms with Gasteiger partial charge in [-0.2, -0.15) is 9.61 Å². The number of piperidine rings is 1. The van der Waals surface area contributed by atoms with Crippen LogP contribution >= 0.6 is 0 Å². The largest absolute Gasteiger partial charge is 0.493 e. The molecule has 0 unspecified atom stereocenters. The van der Waals surface area contributed by atoms with Crippen molar-refractivity contribution in [3.63, 3.8) is 0 Å². The number of carboxylic acid groups (broad SMARTS) is 1. The Hall–Kier alpha value is -4.17. The van der Waals surface area contributed by atoms with E-state index in [1.165, 1.54) is 0 Å². The Morgan fingerprint density at radius 2 is 1.86 bits per heavy atom. The second kappa shape index (κ2) is 11.6. The maximum absolute atomic E-state index is 11.9. The van der Waals surface area contributed by atoms with Crippen LogP contribution in [0.15, 0.2) is 60.7 Å². The first kappa shape index (κ1) is 28.0. The molecule has 6 bridgehead atoms. The van der Waals surface area contributed by atoms with Crippen LogP contribution in [0.2, 0.25) is 0 Å². The smallest absolute Gasteiger partial charge is 0.308 e. The van der Waals surface area contributed by atoms with E-state index >= 15 is 0 Å². The van der Waals surface area contributed by atoms with Crippen LogP contribution in [0.1, 0.15) is 49.4 Å². The van der Waals surface area contributed by atoms with Gasteiger partial charge in [-0.25, -0.2) is 4.98 Å². The van der Waals surface area contributed by atoms with Gasteiger partial charge in [0.05, 0.1) is 30.9 Å². The normalized spacial score (nSPS) is 17.8. The molecule has 2 aromatic heterocycles. The number of hydrogen-bond acceptors (Lipinski definition) is 6. The number of carbonyl (C=O) groups is 1. The van der Waals surface area contributed by atoms with Crippen LogP contribution in [0.3, 0.4) is 0 Å². The average molecular weight is 567 g/mol. The fourth-order valence-corrected chi connectivity index (χ4v) is 5.96. The summed E-state index contributed by atoms with van der Waals surface area (Å²) in [4.78, 5) is 19.0. The van der Waals surface area contributed by atoms with Gasteiger partial charge >= 0.3 is 5.97 Å². The zero-order valence-corrected chi connectivity index (χ0v) is 24.6. The van der Waals surface area contributed by atoms with E-state index < -0.39 is 5.97 Å². The van der Waals surface area contributed by atoms with E-state index in [-0.39, 0.29) is 12.0 Å². The Morgan fingerprint density at radius 1 is 1.05 bits per heavy atom. The van der Waals surface area contributed by atoms with E-state index in [9.17, 15) is 9.90 Å². The molecule has 218 valence electrons. The minimum absolute atomic E-state index is 0.111. The van der Waals surface area contributed by atoms with Gasteiger partial charge in [-0.3, -0.25) is 4.79 Å². The number of allylic oxidation sites excluding steroid dienone is 1. The second-order valence-electron chi connectivity index (χ2n) is 11.7. The fraction of sp³-hybridized carbons (Fsp3) is 0.382. The Labute approximate surface area is 246 Å². The van der Waals surface area contributed by atoms with Crippen molar-refractivity contribution < 1.29 is 19.4 Å². The average Bonchev–Trinajstić information content (AvgIpc) is 3.39. The van der Waals surface area contributed by atoms with Gasteiger partial charge in [-0.1, -0.05) is 42.0 Å². The van der Waals surface area contributed by atoms with Crippen LogP contribution in [0, 0.1) is 13.8 Å². The van der Waals surface area contributed by atoms with E-state index in [1.54, 1.807) is 0 Å².